The van der Waals surface area contributed by atoms with Crippen LogP contribution in [0.4, 0.5) is 5.69 Å². The van der Waals surface area contributed by atoms with Crippen LogP contribution in [0.1, 0.15) is 21.5 Å². The molecule has 0 bridgehead atoms. The van der Waals surface area contributed by atoms with E-state index in [1.807, 2.05) is 37.3 Å². The lowest BCUT2D eigenvalue weighted by Gasteiger charge is -2.11. The highest BCUT2D eigenvalue weighted by Crippen LogP contribution is 2.15. The Morgan fingerprint density at radius 1 is 1.19 bits per heavy atom. The number of carbonyl (C=O) groups excluding carboxylic acids is 1. The first kappa shape index (κ1) is 15.0. The van der Waals surface area contributed by atoms with Crippen molar-refractivity contribution in [1.29, 1.82) is 0 Å². The molecule has 0 radical (unpaired) electrons. The van der Waals surface area contributed by atoms with E-state index in [1.54, 1.807) is 18.2 Å². The van der Waals surface area contributed by atoms with Crippen LogP contribution in [0.15, 0.2) is 48.5 Å². The minimum absolute atomic E-state index is 0.133. The summed E-state index contributed by atoms with van der Waals surface area (Å²) >= 11 is 4.81. The maximum absolute atomic E-state index is 12.3. The first-order chi connectivity index (χ1) is 10.1. The van der Waals surface area contributed by atoms with Crippen LogP contribution in [0.3, 0.4) is 0 Å². The maximum Gasteiger partial charge on any atom is 0.253 e. The van der Waals surface area contributed by atoms with E-state index in [-0.39, 0.29) is 11.0 Å². The molecule has 2 aromatic carbocycles. The minimum Gasteiger partial charge on any atom is -0.376 e. The summed E-state index contributed by atoms with van der Waals surface area (Å²) in [6.45, 7) is 2.49. The van der Waals surface area contributed by atoms with Gasteiger partial charge in [-0.1, -0.05) is 42.0 Å². The van der Waals surface area contributed by atoms with Gasteiger partial charge in [-0.2, -0.15) is 0 Å². The first-order valence-corrected chi connectivity index (χ1v) is 6.96. The van der Waals surface area contributed by atoms with Crippen LogP contribution in [0.25, 0.3) is 0 Å². The molecule has 2 rings (SSSR count). The fraction of sp³-hybridized carbons (Fsp3) is 0.125. The third-order valence-corrected chi connectivity index (χ3v) is 3.07. The summed E-state index contributed by atoms with van der Waals surface area (Å²) < 4.78 is 0. The van der Waals surface area contributed by atoms with E-state index >= 15 is 0 Å². The van der Waals surface area contributed by atoms with Crippen LogP contribution < -0.4 is 16.4 Å². The highest BCUT2D eigenvalue weighted by Gasteiger charge is 2.10. The van der Waals surface area contributed by atoms with E-state index in [2.05, 4.69) is 10.6 Å². The summed E-state index contributed by atoms with van der Waals surface area (Å²) in [6, 6.07) is 15.1. The summed E-state index contributed by atoms with van der Waals surface area (Å²) in [5.41, 5.74) is 8.80. The summed E-state index contributed by atoms with van der Waals surface area (Å²) in [4.78, 5) is 12.3. The molecule has 0 aliphatic rings. The van der Waals surface area contributed by atoms with Gasteiger partial charge >= 0.3 is 0 Å². The number of aryl methyl sites for hydroxylation is 1. The summed E-state index contributed by atoms with van der Waals surface area (Å²) in [7, 11) is 0. The number of nitrogens with one attached hydrogen (secondary N) is 2. The Hall–Kier alpha value is -2.40. The Labute approximate surface area is 129 Å². The highest BCUT2D eigenvalue weighted by atomic mass is 32.1. The molecule has 0 saturated carbocycles. The van der Waals surface area contributed by atoms with Crippen molar-refractivity contribution in [2.45, 2.75) is 13.5 Å². The second-order valence-electron chi connectivity index (χ2n) is 4.71. The number of para-hydroxylation sites is 1. The average molecular weight is 299 g/mol. The van der Waals surface area contributed by atoms with E-state index in [0.717, 1.165) is 11.1 Å². The SMILES string of the molecule is Cc1cccc(CNC(=O)c2ccccc2NC(N)=S)c1. The van der Waals surface area contributed by atoms with Crippen LogP contribution in [0.5, 0.6) is 0 Å². The fourth-order valence-electron chi connectivity index (χ4n) is 2.02. The molecule has 4 nitrogen and oxygen atoms in total. The van der Waals surface area contributed by atoms with Crippen LogP contribution >= 0.6 is 12.2 Å². The van der Waals surface area contributed by atoms with Gasteiger partial charge in [0.2, 0.25) is 0 Å². The average Bonchev–Trinajstić information content (AvgIpc) is 2.45. The van der Waals surface area contributed by atoms with Gasteiger partial charge in [-0.25, -0.2) is 0 Å². The number of hydrogen-bond donors (Lipinski definition) is 3. The topological polar surface area (TPSA) is 67.2 Å². The Morgan fingerprint density at radius 3 is 2.67 bits per heavy atom. The van der Waals surface area contributed by atoms with Gasteiger partial charge in [0.25, 0.3) is 5.91 Å². The van der Waals surface area contributed by atoms with Crippen LogP contribution in [-0.2, 0) is 6.54 Å². The van der Waals surface area contributed by atoms with Crippen molar-refractivity contribution in [1.82, 2.24) is 5.32 Å². The predicted octanol–water partition coefficient (Wildman–Crippen LogP) is 2.58. The molecule has 0 atom stereocenters. The number of benzene rings is 2. The lowest BCUT2D eigenvalue weighted by atomic mass is 10.1. The van der Waals surface area contributed by atoms with Crippen molar-refractivity contribution in [2.24, 2.45) is 5.73 Å². The summed E-state index contributed by atoms with van der Waals surface area (Å²) in [5, 5.41) is 5.84. The van der Waals surface area contributed by atoms with Gasteiger partial charge in [-0.3, -0.25) is 4.79 Å². The van der Waals surface area contributed by atoms with Gasteiger partial charge in [0.05, 0.1) is 11.3 Å². The molecule has 5 heteroatoms. The molecule has 0 spiro atoms. The molecular formula is C16H17N3OS. The number of carbonyl (C=O) groups is 1. The van der Waals surface area contributed by atoms with E-state index in [1.165, 1.54) is 0 Å². The van der Waals surface area contributed by atoms with Crippen LogP contribution in [-0.4, -0.2) is 11.0 Å². The second kappa shape index (κ2) is 6.85. The molecule has 1 amide bonds. The van der Waals surface area contributed by atoms with Crippen LogP contribution in [0.2, 0.25) is 0 Å². The van der Waals surface area contributed by atoms with Crippen molar-refractivity contribution in [2.75, 3.05) is 5.32 Å². The Kier molecular flexibility index (Phi) is 4.90. The monoisotopic (exact) mass is 299 g/mol. The Morgan fingerprint density at radius 2 is 1.95 bits per heavy atom. The third-order valence-electron chi connectivity index (χ3n) is 2.97. The first-order valence-electron chi connectivity index (χ1n) is 6.55. The molecule has 0 unspecified atom stereocenters. The zero-order valence-corrected chi connectivity index (χ0v) is 12.5. The van der Waals surface area contributed by atoms with Gasteiger partial charge in [-0.05, 0) is 36.8 Å². The number of rotatable bonds is 4. The van der Waals surface area contributed by atoms with Gasteiger partial charge in [0.15, 0.2) is 5.11 Å². The molecule has 0 saturated heterocycles. The molecular weight excluding hydrogens is 282 g/mol. The van der Waals surface area contributed by atoms with Crippen molar-refractivity contribution in [3.63, 3.8) is 0 Å². The second-order valence-corrected chi connectivity index (χ2v) is 5.15. The van der Waals surface area contributed by atoms with E-state index in [0.29, 0.717) is 17.8 Å². The minimum atomic E-state index is -0.171. The van der Waals surface area contributed by atoms with Crippen molar-refractivity contribution in [3.05, 3.63) is 65.2 Å². The maximum atomic E-state index is 12.3. The lowest BCUT2D eigenvalue weighted by molar-refractivity contribution is 0.0952. The largest absolute Gasteiger partial charge is 0.376 e. The third kappa shape index (κ3) is 4.29. The van der Waals surface area contributed by atoms with E-state index < -0.39 is 0 Å². The van der Waals surface area contributed by atoms with Gasteiger partial charge < -0.3 is 16.4 Å². The standard InChI is InChI=1S/C16H17N3OS/c1-11-5-4-6-12(9-11)10-18-15(20)13-7-2-3-8-14(13)19-16(17)21/h2-9H,10H2,1H3,(H,18,20)(H3,17,19,21). The molecule has 2 aromatic rings. The van der Waals surface area contributed by atoms with Crippen LogP contribution in [0, 0.1) is 6.92 Å². The van der Waals surface area contributed by atoms with Gasteiger partial charge in [0, 0.05) is 6.54 Å². The van der Waals surface area contributed by atoms with Gasteiger partial charge in [-0.15, -0.1) is 0 Å². The number of amides is 1. The van der Waals surface area contributed by atoms with Crippen molar-refractivity contribution in [3.8, 4) is 0 Å². The highest BCUT2D eigenvalue weighted by molar-refractivity contribution is 7.80. The molecule has 21 heavy (non-hydrogen) atoms. The van der Waals surface area contributed by atoms with E-state index in [9.17, 15) is 4.79 Å². The lowest BCUT2D eigenvalue weighted by Crippen LogP contribution is -2.26. The molecule has 0 heterocycles. The quantitative estimate of drug-likeness (QED) is 0.759. The molecule has 0 fully saturated rings. The molecule has 4 N–H and O–H groups in total. The fourth-order valence-corrected chi connectivity index (χ4v) is 2.13. The molecule has 0 aliphatic heterocycles. The smallest absolute Gasteiger partial charge is 0.253 e. The molecule has 108 valence electrons. The van der Waals surface area contributed by atoms with Gasteiger partial charge in [0.1, 0.15) is 0 Å². The summed E-state index contributed by atoms with van der Waals surface area (Å²) in [6.07, 6.45) is 0. The predicted molar refractivity (Wildman–Crippen MR) is 89.2 cm³/mol. The number of thiocarbonyl (C=S) groups is 1. The Bertz CT molecular complexity index is 670. The molecule has 0 aromatic heterocycles. The number of nitrogens with two attached hydrogens (primary N) is 1. The van der Waals surface area contributed by atoms with Crippen molar-refractivity contribution < 1.29 is 4.79 Å². The molecule has 0 aliphatic carbocycles. The van der Waals surface area contributed by atoms with E-state index in [4.69, 9.17) is 18.0 Å². The zero-order chi connectivity index (χ0) is 15.2. The van der Waals surface area contributed by atoms with Crippen molar-refractivity contribution >= 4 is 28.9 Å². The zero-order valence-electron chi connectivity index (χ0n) is 11.7. The Balaban J connectivity index is 2.08. The normalized spacial score (nSPS) is 9.95. The number of hydrogen-bond acceptors (Lipinski definition) is 2. The summed E-state index contributed by atoms with van der Waals surface area (Å²) in [5.74, 6) is -0.171. The number of anilines is 1.